The average molecular weight is 877 g/mol. The second kappa shape index (κ2) is 51.2. The highest BCUT2D eigenvalue weighted by molar-refractivity contribution is 5.71. The van der Waals surface area contributed by atoms with Crippen molar-refractivity contribution in [3.8, 4) is 0 Å². The summed E-state index contributed by atoms with van der Waals surface area (Å²) in [5.41, 5.74) is 0. The van der Waals surface area contributed by atoms with Gasteiger partial charge in [0.1, 0.15) is 13.2 Å². The van der Waals surface area contributed by atoms with Crippen LogP contribution in [0.15, 0.2) is 85.1 Å². The summed E-state index contributed by atoms with van der Waals surface area (Å²) in [4.78, 5) is 38.0. The van der Waals surface area contributed by atoms with Crippen LogP contribution in [-0.4, -0.2) is 37.2 Å². The molecule has 360 valence electrons. The molecule has 1 atom stereocenters. The number of carbonyl (C=O) groups is 3. The van der Waals surface area contributed by atoms with Crippen molar-refractivity contribution >= 4 is 17.9 Å². The van der Waals surface area contributed by atoms with Crippen LogP contribution in [0.1, 0.15) is 239 Å². The van der Waals surface area contributed by atoms with Crippen LogP contribution in [0.3, 0.4) is 0 Å². The summed E-state index contributed by atoms with van der Waals surface area (Å²) in [6.45, 7) is 6.43. The van der Waals surface area contributed by atoms with Crippen molar-refractivity contribution in [1.29, 1.82) is 0 Å². The molecule has 0 fully saturated rings. The second-order valence-corrected chi connectivity index (χ2v) is 17.0. The minimum absolute atomic E-state index is 0.101. The average Bonchev–Trinajstić information content (AvgIpc) is 3.28. The Bertz CT molecular complexity index is 1240. The number of hydrogen-bond acceptors (Lipinski definition) is 6. The molecule has 0 aliphatic rings. The van der Waals surface area contributed by atoms with Gasteiger partial charge < -0.3 is 14.2 Å². The van der Waals surface area contributed by atoms with Crippen LogP contribution in [0.5, 0.6) is 0 Å². The summed E-state index contributed by atoms with van der Waals surface area (Å²) in [7, 11) is 0. The topological polar surface area (TPSA) is 78.9 Å². The van der Waals surface area contributed by atoms with Crippen molar-refractivity contribution in [3.05, 3.63) is 85.1 Å². The molecule has 0 radical (unpaired) electrons. The lowest BCUT2D eigenvalue weighted by molar-refractivity contribution is -0.167. The molecule has 0 saturated heterocycles. The summed E-state index contributed by atoms with van der Waals surface area (Å²) in [5.74, 6) is -0.959. The smallest absolute Gasteiger partial charge is 0.306 e. The van der Waals surface area contributed by atoms with E-state index in [2.05, 4.69) is 106 Å². The molecule has 0 saturated carbocycles. The van der Waals surface area contributed by atoms with Gasteiger partial charge in [0.2, 0.25) is 0 Å². The predicted molar refractivity (Wildman–Crippen MR) is 270 cm³/mol. The van der Waals surface area contributed by atoms with Crippen molar-refractivity contribution in [3.63, 3.8) is 0 Å². The van der Waals surface area contributed by atoms with E-state index in [-0.39, 0.29) is 37.5 Å². The Kier molecular flexibility index (Phi) is 48.5. The number of carbonyl (C=O) groups excluding carboxylic acids is 3. The van der Waals surface area contributed by atoms with Crippen molar-refractivity contribution in [2.45, 2.75) is 245 Å². The first-order valence-corrected chi connectivity index (χ1v) is 26.1. The Morgan fingerprint density at radius 3 is 1.05 bits per heavy atom. The van der Waals surface area contributed by atoms with Crippen LogP contribution < -0.4 is 0 Å². The third-order valence-corrected chi connectivity index (χ3v) is 10.9. The van der Waals surface area contributed by atoms with E-state index in [0.29, 0.717) is 19.3 Å². The van der Waals surface area contributed by atoms with Crippen molar-refractivity contribution < 1.29 is 28.6 Å². The van der Waals surface area contributed by atoms with Gasteiger partial charge in [-0.15, -0.1) is 0 Å². The third-order valence-electron chi connectivity index (χ3n) is 10.9. The van der Waals surface area contributed by atoms with Crippen LogP contribution >= 0.6 is 0 Å². The largest absolute Gasteiger partial charge is 0.462 e. The van der Waals surface area contributed by atoms with Crippen molar-refractivity contribution in [2.24, 2.45) is 0 Å². The molecular weight excluding hydrogens is 781 g/mol. The van der Waals surface area contributed by atoms with E-state index in [9.17, 15) is 14.4 Å². The fraction of sp³-hybridized carbons (Fsp3) is 0.702. The van der Waals surface area contributed by atoms with Crippen LogP contribution in [0.2, 0.25) is 0 Å². The quantitative estimate of drug-likeness (QED) is 0.0262. The zero-order valence-corrected chi connectivity index (χ0v) is 41.1. The maximum Gasteiger partial charge on any atom is 0.306 e. The van der Waals surface area contributed by atoms with Gasteiger partial charge in [-0.3, -0.25) is 14.4 Å². The highest BCUT2D eigenvalue weighted by Gasteiger charge is 2.19. The van der Waals surface area contributed by atoms with Gasteiger partial charge in [-0.25, -0.2) is 0 Å². The minimum atomic E-state index is -0.804. The molecule has 0 rings (SSSR count). The summed E-state index contributed by atoms with van der Waals surface area (Å²) >= 11 is 0. The summed E-state index contributed by atoms with van der Waals surface area (Å²) < 4.78 is 16.8. The molecule has 0 aromatic rings. The number of unbranched alkanes of at least 4 members (excludes halogenated alkanes) is 21. The van der Waals surface area contributed by atoms with Gasteiger partial charge in [0.05, 0.1) is 0 Å². The molecule has 0 amide bonds. The van der Waals surface area contributed by atoms with Crippen LogP contribution in [0, 0.1) is 0 Å². The van der Waals surface area contributed by atoms with Gasteiger partial charge >= 0.3 is 17.9 Å². The molecule has 6 nitrogen and oxygen atoms in total. The van der Waals surface area contributed by atoms with Gasteiger partial charge in [0.25, 0.3) is 0 Å². The van der Waals surface area contributed by atoms with Gasteiger partial charge in [-0.05, 0) is 116 Å². The molecule has 63 heavy (non-hydrogen) atoms. The number of ether oxygens (including phenoxy) is 3. The Morgan fingerprint density at radius 1 is 0.333 bits per heavy atom. The Balaban J connectivity index is 4.47. The minimum Gasteiger partial charge on any atom is -0.462 e. The lowest BCUT2D eigenvalue weighted by Crippen LogP contribution is -2.30. The Morgan fingerprint density at radius 2 is 0.619 bits per heavy atom. The van der Waals surface area contributed by atoms with Gasteiger partial charge in [-0.1, -0.05) is 189 Å². The lowest BCUT2D eigenvalue weighted by Gasteiger charge is -2.18. The van der Waals surface area contributed by atoms with Gasteiger partial charge in [0, 0.05) is 19.3 Å². The maximum atomic E-state index is 12.8. The van der Waals surface area contributed by atoms with E-state index in [1.165, 1.54) is 89.9 Å². The second-order valence-electron chi connectivity index (χ2n) is 17.0. The molecule has 0 N–H and O–H groups in total. The first-order valence-electron chi connectivity index (χ1n) is 26.1. The summed E-state index contributed by atoms with van der Waals surface area (Å²) in [6, 6.07) is 0. The Hall–Kier alpha value is -3.41. The predicted octanol–water partition coefficient (Wildman–Crippen LogP) is 17.2. The van der Waals surface area contributed by atoms with Crippen LogP contribution in [0.4, 0.5) is 0 Å². The fourth-order valence-electron chi connectivity index (χ4n) is 6.93. The monoisotopic (exact) mass is 877 g/mol. The van der Waals surface area contributed by atoms with E-state index in [4.69, 9.17) is 14.2 Å². The van der Waals surface area contributed by atoms with Crippen molar-refractivity contribution in [2.75, 3.05) is 13.2 Å². The molecule has 0 aromatic heterocycles. The van der Waals surface area contributed by atoms with E-state index in [1.54, 1.807) is 0 Å². The number of esters is 3. The number of rotatable bonds is 46. The summed E-state index contributed by atoms with van der Waals surface area (Å²) in [6.07, 6.45) is 65.6. The zero-order valence-electron chi connectivity index (χ0n) is 41.1. The first kappa shape index (κ1) is 59.6. The first-order chi connectivity index (χ1) is 31.0. The van der Waals surface area contributed by atoms with E-state index >= 15 is 0 Å². The highest BCUT2D eigenvalue weighted by Crippen LogP contribution is 2.13. The number of allylic oxidation sites excluding steroid dienone is 14. The maximum absolute atomic E-state index is 12.8. The normalized spacial score (nSPS) is 12.7. The standard InChI is InChI=1S/C57H96O6/c1-4-7-10-13-16-19-22-25-27-28-30-32-35-38-41-44-47-50-56(59)62-53-54(52-61-55(58)49-46-43-40-37-34-31-24-21-18-15-12-9-6-3)63-57(60)51-48-45-42-39-36-33-29-26-23-20-17-14-11-8-5-2/h8,11,16-17,19-21,24-27,29,36,39,54H,4-7,9-10,12-15,18,22-23,28,30-35,37-38,40-53H2,1-3H3/b11-8-,19-16-,20-17-,24-21-,27-25-,29-26-,39-36-. The summed E-state index contributed by atoms with van der Waals surface area (Å²) in [5, 5.41) is 0. The van der Waals surface area contributed by atoms with Gasteiger partial charge in [0.15, 0.2) is 6.10 Å². The molecule has 0 bridgehead atoms. The fourth-order valence-corrected chi connectivity index (χ4v) is 6.93. The third kappa shape index (κ3) is 49.5. The van der Waals surface area contributed by atoms with Crippen LogP contribution in [0.25, 0.3) is 0 Å². The molecular formula is C57H96O6. The van der Waals surface area contributed by atoms with E-state index in [1.807, 2.05) is 0 Å². The van der Waals surface area contributed by atoms with Crippen LogP contribution in [-0.2, 0) is 28.6 Å². The molecule has 0 aromatic carbocycles. The van der Waals surface area contributed by atoms with Crippen molar-refractivity contribution in [1.82, 2.24) is 0 Å². The molecule has 0 heterocycles. The zero-order chi connectivity index (χ0) is 45.8. The number of hydrogen-bond donors (Lipinski definition) is 0. The molecule has 0 aliphatic heterocycles. The van der Waals surface area contributed by atoms with Gasteiger partial charge in [-0.2, -0.15) is 0 Å². The van der Waals surface area contributed by atoms with E-state index < -0.39 is 6.10 Å². The Labute approximate surface area is 388 Å². The highest BCUT2D eigenvalue weighted by atomic mass is 16.6. The molecule has 0 aliphatic carbocycles. The molecule has 6 heteroatoms. The molecule has 0 spiro atoms. The molecule has 1 unspecified atom stereocenters. The lowest BCUT2D eigenvalue weighted by atomic mass is 10.1. The SMILES string of the molecule is CC/C=C\C/C=C\C/C=C\C/C=C\CCCCC(=O)OC(COC(=O)CCCCCCC/C=C\CCCCCC)COC(=O)CCCCCCCCC/C=C\C/C=C\CCCCC. The van der Waals surface area contributed by atoms with E-state index in [0.717, 1.165) is 103 Å².